The number of carbonyl (C=O) groups is 2. The molecule has 172 valence electrons. The molecule has 1 aromatic heterocycles. The van der Waals surface area contributed by atoms with Crippen LogP contribution in [0.1, 0.15) is 22.5 Å². The molecule has 0 bridgehead atoms. The molecule has 1 aliphatic rings. The number of aromatic nitrogens is 2. The van der Waals surface area contributed by atoms with Gasteiger partial charge in [0, 0.05) is 51.4 Å². The van der Waals surface area contributed by atoms with Crippen LogP contribution in [0.5, 0.6) is 5.75 Å². The van der Waals surface area contributed by atoms with E-state index in [1.165, 1.54) is 0 Å². The van der Waals surface area contributed by atoms with E-state index in [0.717, 1.165) is 30.1 Å². The average molecular weight is 448 g/mol. The van der Waals surface area contributed by atoms with Crippen molar-refractivity contribution in [3.05, 3.63) is 71.9 Å². The number of hydrogen-bond acceptors (Lipinski definition) is 5. The summed E-state index contributed by atoms with van der Waals surface area (Å²) in [5.74, 6) is 1.12. The van der Waals surface area contributed by atoms with Crippen molar-refractivity contribution in [2.75, 3.05) is 43.5 Å². The van der Waals surface area contributed by atoms with Crippen LogP contribution in [0.25, 0.3) is 0 Å². The summed E-state index contributed by atoms with van der Waals surface area (Å²) >= 11 is 0. The van der Waals surface area contributed by atoms with Crippen LogP contribution < -0.4 is 15.0 Å². The van der Waals surface area contributed by atoms with Crippen LogP contribution in [0.15, 0.2) is 60.7 Å². The van der Waals surface area contributed by atoms with Crippen LogP contribution in [0.2, 0.25) is 0 Å². The first-order chi connectivity index (χ1) is 16.0. The SMILES string of the molecule is COc1ccc(N2CCN(C(=O)c3cc(NC(=O)CCc4ccccc4)n(C)n3)CC2)cc1. The van der Waals surface area contributed by atoms with Crippen molar-refractivity contribution in [1.29, 1.82) is 0 Å². The van der Waals surface area contributed by atoms with E-state index in [9.17, 15) is 9.59 Å². The zero-order valence-corrected chi connectivity index (χ0v) is 19.0. The van der Waals surface area contributed by atoms with Gasteiger partial charge in [0.25, 0.3) is 5.91 Å². The predicted octanol–water partition coefficient (Wildman–Crippen LogP) is 2.96. The molecule has 1 N–H and O–H groups in total. The van der Waals surface area contributed by atoms with Crippen LogP contribution in [0.4, 0.5) is 11.5 Å². The van der Waals surface area contributed by atoms with E-state index in [1.807, 2.05) is 59.5 Å². The molecule has 3 aromatic rings. The zero-order valence-electron chi connectivity index (χ0n) is 19.0. The maximum Gasteiger partial charge on any atom is 0.274 e. The minimum Gasteiger partial charge on any atom is -0.497 e. The molecule has 0 saturated carbocycles. The lowest BCUT2D eigenvalue weighted by molar-refractivity contribution is -0.116. The second-order valence-corrected chi connectivity index (χ2v) is 8.05. The summed E-state index contributed by atoms with van der Waals surface area (Å²) in [6.07, 6.45) is 1.03. The number of benzene rings is 2. The smallest absolute Gasteiger partial charge is 0.274 e. The fourth-order valence-electron chi connectivity index (χ4n) is 3.92. The van der Waals surface area contributed by atoms with Gasteiger partial charge in [0.1, 0.15) is 11.6 Å². The van der Waals surface area contributed by atoms with E-state index in [2.05, 4.69) is 15.3 Å². The van der Waals surface area contributed by atoms with Crippen LogP contribution >= 0.6 is 0 Å². The van der Waals surface area contributed by atoms with Gasteiger partial charge < -0.3 is 19.9 Å². The number of nitrogens with zero attached hydrogens (tertiary/aromatic N) is 4. The van der Waals surface area contributed by atoms with E-state index in [1.54, 1.807) is 24.9 Å². The third-order valence-electron chi connectivity index (χ3n) is 5.85. The Morgan fingerprint density at radius 3 is 2.36 bits per heavy atom. The highest BCUT2D eigenvalue weighted by molar-refractivity contribution is 5.95. The number of aryl methyl sites for hydroxylation is 2. The van der Waals surface area contributed by atoms with Crippen molar-refractivity contribution in [3.8, 4) is 5.75 Å². The second kappa shape index (κ2) is 10.2. The first kappa shape index (κ1) is 22.4. The summed E-state index contributed by atoms with van der Waals surface area (Å²) in [5.41, 5.74) is 2.57. The van der Waals surface area contributed by atoms with Crippen molar-refractivity contribution < 1.29 is 14.3 Å². The Labute approximate surface area is 193 Å². The third-order valence-corrected chi connectivity index (χ3v) is 5.85. The van der Waals surface area contributed by atoms with Crippen LogP contribution in [0.3, 0.4) is 0 Å². The van der Waals surface area contributed by atoms with E-state index >= 15 is 0 Å². The van der Waals surface area contributed by atoms with Gasteiger partial charge in [-0.2, -0.15) is 5.10 Å². The summed E-state index contributed by atoms with van der Waals surface area (Å²) in [5, 5.41) is 7.21. The lowest BCUT2D eigenvalue weighted by atomic mass is 10.1. The number of amides is 2. The van der Waals surface area contributed by atoms with Gasteiger partial charge in [-0.05, 0) is 36.2 Å². The first-order valence-electron chi connectivity index (χ1n) is 11.1. The summed E-state index contributed by atoms with van der Waals surface area (Å²) in [6, 6.07) is 19.5. The summed E-state index contributed by atoms with van der Waals surface area (Å²) in [4.78, 5) is 29.4. The molecule has 8 heteroatoms. The lowest BCUT2D eigenvalue weighted by Crippen LogP contribution is -2.48. The third kappa shape index (κ3) is 5.52. The quantitative estimate of drug-likeness (QED) is 0.602. The van der Waals surface area contributed by atoms with Gasteiger partial charge in [-0.3, -0.25) is 14.3 Å². The number of piperazine rings is 1. The summed E-state index contributed by atoms with van der Waals surface area (Å²) in [7, 11) is 3.38. The van der Waals surface area contributed by atoms with Crippen molar-refractivity contribution in [2.24, 2.45) is 7.05 Å². The van der Waals surface area contributed by atoms with E-state index in [4.69, 9.17) is 4.74 Å². The molecule has 0 unspecified atom stereocenters. The van der Waals surface area contributed by atoms with Gasteiger partial charge >= 0.3 is 0 Å². The molecule has 0 aliphatic carbocycles. The molecule has 2 aromatic carbocycles. The average Bonchev–Trinajstić information content (AvgIpc) is 3.23. The number of nitrogens with one attached hydrogen (secondary N) is 1. The normalized spacial score (nSPS) is 13.6. The van der Waals surface area contributed by atoms with Crippen molar-refractivity contribution >= 4 is 23.3 Å². The van der Waals surface area contributed by atoms with Gasteiger partial charge in [0.05, 0.1) is 7.11 Å². The summed E-state index contributed by atoms with van der Waals surface area (Å²) < 4.78 is 6.76. The number of carbonyl (C=O) groups excluding carboxylic acids is 2. The maximum atomic E-state index is 13.0. The molecule has 0 spiro atoms. The standard InChI is InChI=1S/C25H29N5O3/c1-28-23(26-24(31)13-8-19-6-4-3-5-7-19)18-22(27-28)25(32)30-16-14-29(15-17-30)20-9-11-21(33-2)12-10-20/h3-7,9-12,18H,8,13-17H2,1-2H3,(H,26,31). The number of hydrogen-bond donors (Lipinski definition) is 1. The fraction of sp³-hybridized carbons (Fsp3) is 0.320. The van der Waals surface area contributed by atoms with Gasteiger partial charge in [0.15, 0.2) is 5.69 Å². The minimum atomic E-state index is -0.121. The van der Waals surface area contributed by atoms with Crippen molar-refractivity contribution in [3.63, 3.8) is 0 Å². The lowest BCUT2D eigenvalue weighted by Gasteiger charge is -2.35. The van der Waals surface area contributed by atoms with E-state index in [-0.39, 0.29) is 11.8 Å². The Morgan fingerprint density at radius 2 is 1.70 bits per heavy atom. The Morgan fingerprint density at radius 1 is 1.00 bits per heavy atom. The largest absolute Gasteiger partial charge is 0.497 e. The molecular weight excluding hydrogens is 418 g/mol. The van der Waals surface area contributed by atoms with Crippen LogP contribution in [0, 0.1) is 0 Å². The summed E-state index contributed by atoms with van der Waals surface area (Å²) in [6.45, 7) is 2.71. The predicted molar refractivity (Wildman–Crippen MR) is 128 cm³/mol. The molecule has 0 atom stereocenters. The Kier molecular flexibility index (Phi) is 6.92. The highest BCUT2D eigenvalue weighted by atomic mass is 16.5. The van der Waals surface area contributed by atoms with Gasteiger partial charge in [-0.1, -0.05) is 30.3 Å². The Bertz CT molecular complexity index is 1090. The minimum absolute atomic E-state index is 0.103. The Hall–Kier alpha value is -3.81. The Balaban J connectivity index is 1.31. The van der Waals surface area contributed by atoms with Crippen LogP contribution in [-0.4, -0.2) is 59.8 Å². The molecule has 2 heterocycles. The number of rotatable bonds is 7. The molecule has 2 amide bonds. The van der Waals surface area contributed by atoms with Gasteiger partial charge in [-0.15, -0.1) is 0 Å². The van der Waals surface area contributed by atoms with Gasteiger partial charge in [0.2, 0.25) is 5.91 Å². The first-order valence-corrected chi connectivity index (χ1v) is 11.1. The molecule has 1 saturated heterocycles. The fourth-order valence-corrected chi connectivity index (χ4v) is 3.92. The number of ether oxygens (including phenoxy) is 1. The topological polar surface area (TPSA) is 79.7 Å². The van der Waals surface area contributed by atoms with Gasteiger partial charge in [-0.25, -0.2) is 0 Å². The maximum absolute atomic E-state index is 13.0. The molecule has 0 radical (unpaired) electrons. The highest BCUT2D eigenvalue weighted by Gasteiger charge is 2.25. The molecule has 33 heavy (non-hydrogen) atoms. The van der Waals surface area contributed by atoms with Crippen molar-refractivity contribution in [1.82, 2.24) is 14.7 Å². The molecule has 1 aliphatic heterocycles. The molecule has 4 rings (SSSR count). The van der Waals surface area contributed by atoms with E-state index < -0.39 is 0 Å². The van der Waals surface area contributed by atoms with E-state index in [0.29, 0.717) is 37.4 Å². The molecule has 1 fully saturated rings. The molecule has 8 nitrogen and oxygen atoms in total. The van der Waals surface area contributed by atoms with Crippen molar-refractivity contribution in [2.45, 2.75) is 12.8 Å². The highest BCUT2D eigenvalue weighted by Crippen LogP contribution is 2.21. The number of methoxy groups -OCH3 is 1. The molecular formula is C25H29N5O3. The van der Waals surface area contributed by atoms with Crippen LogP contribution in [-0.2, 0) is 18.3 Å². The second-order valence-electron chi connectivity index (χ2n) is 8.05. The monoisotopic (exact) mass is 447 g/mol. The number of anilines is 2. The zero-order chi connectivity index (χ0) is 23.2.